The molecule has 2 N–H and O–H groups in total. The second-order valence-corrected chi connectivity index (χ2v) is 4.21. The molecule has 1 unspecified atom stereocenters. The summed E-state index contributed by atoms with van der Waals surface area (Å²) < 4.78 is 10.8. The minimum absolute atomic E-state index is 0.110. The van der Waals surface area contributed by atoms with Crippen molar-refractivity contribution in [3.63, 3.8) is 0 Å². The SMILES string of the molecule is COc1cc(C)c(OC)c(CC(C)N)c1C. The van der Waals surface area contributed by atoms with Crippen molar-refractivity contribution in [1.82, 2.24) is 0 Å². The van der Waals surface area contributed by atoms with E-state index < -0.39 is 0 Å². The van der Waals surface area contributed by atoms with Crippen LogP contribution in [0.5, 0.6) is 11.5 Å². The number of nitrogens with two attached hydrogens (primary N) is 1. The number of ether oxygens (including phenoxy) is 2. The molecule has 1 rings (SSSR count). The van der Waals surface area contributed by atoms with Gasteiger partial charge in [0.1, 0.15) is 11.5 Å². The molecule has 90 valence electrons. The predicted octanol–water partition coefficient (Wildman–Crippen LogP) is 2.21. The molecule has 0 radical (unpaired) electrons. The molecule has 0 amide bonds. The molecule has 3 nitrogen and oxygen atoms in total. The summed E-state index contributed by atoms with van der Waals surface area (Å²) >= 11 is 0. The summed E-state index contributed by atoms with van der Waals surface area (Å²) in [4.78, 5) is 0. The Hall–Kier alpha value is -1.22. The van der Waals surface area contributed by atoms with Crippen molar-refractivity contribution in [2.24, 2.45) is 5.73 Å². The van der Waals surface area contributed by atoms with E-state index in [2.05, 4.69) is 0 Å². The van der Waals surface area contributed by atoms with E-state index in [0.717, 1.165) is 34.6 Å². The topological polar surface area (TPSA) is 44.5 Å². The smallest absolute Gasteiger partial charge is 0.125 e. The second kappa shape index (κ2) is 5.21. The van der Waals surface area contributed by atoms with Crippen molar-refractivity contribution in [3.05, 3.63) is 22.8 Å². The van der Waals surface area contributed by atoms with E-state index in [1.165, 1.54) is 0 Å². The summed E-state index contributed by atoms with van der Waals surface area (Å²) in [6, 6.07) is 2.11. The molecule has 0 aliphatic rings. The largest absolute Gasteiger partial charge is 0.496 e. The van der Waals surface area contributed by atoms with Crippen LogP contribution < -0.4 is 15.2 Å². The highest BCUT2D eigenvalue weighted by molar-refractivity contribution is 5.53. The molecule has 0 heterocycles. The molecule has 1 aromatic rings. The predicted molar refractivity (Wildman–Crippen MR) is 66.4 cm³/mol. The lowest BCUT2D eigenvalue weighted by Crippen LogP contribution is -2.19. The van der Waals surface area contributed by atoms with Gasteiger partial charge in [0.15, 0.2) is 0 Å². The van der Waals surface area contributed by atoms with Gasteiger partial charge in [0.05, 0.1) is 14.2 Å². The fourth-order valence-electron chi connectivity index (χ4n) is 1.99. The quantitative estimate of drug-likeness (QED) is 0.851. The summed E-state index contributed by atoms with van der Waals surface area (Å²) in [5.74, 6) is 1.82. The molecule has 0 fully saturated rings. The Bertz CT molecular complexity index is 373. The lowest BCUT2D eigenvalue weighted by atomic mass is 9.97. The highest BCUT2D eigenvalue weighted by Gasteiger charge is 2.15. The lowest BCUT2D eigenvalue weighted by Gasteiger charge is -2.18. The average molecular weight is 223 g/mol. The summed E-state index contributed by atoms with van der Waals surface area (Å²) in [5, 5.41) is 0. The molecule has 0 aliphatic heterocycles. The molecule has 16 heavy (non-hydrogen) atoms. The molecule has 0 aromatic heterocycles. The fourth-order valence-corrected chi connectivity index (χ4v) is 1.99. The van der Waals surface area contributed by atoms with Crippen molar-refractivity contribution in [2.75, 3.05) is 14.2 Å². The summed E-state index contributed by atoms with van der Waals surface area (Å²) in [6.07, 6.45) is 0.799. The maximum atomic E-state index is 5.86. The van der Waals surface area contributed by atoms with Gasteiger partial charge >= 0.3 is 0 Å². The second-order valence-electron chi connectivity index (χ2n) is 4.21. The van der Waals surface area contributed by atoms with Gasteiger partial charge in [-0.05, 0) is 44.4 Å². The molecular formula is C13H21NO2. The molecule has 0 bridgehead atoms. The molecule has 0 saturated carbocycles. The van der Waals surface area contributed by atoms with E-state index in [9.17, 15) is 0 Å². The number of hydrogen-bond acceptors (Lipinski definition) is 3. The number of aryl methyl sites for hydroxylation is 1. The summed E-state index contributed by atoms with van der Waals surface area (Å²) in [6.45, 7) is 6.05. The van der Waals surface area contributed by atoms with Gasteiger partial charge in [-0.2, -0.15) is 0 Å². The zero-order chi connectivity index (χ0) is 12.3. The first-order valence-electron chi connectivity index (χ1n) is 5.47. The number of benzene rings is 1. The maximum Gasteiger partial charge on any atom is 0.125 e. The van der Waals surface area contributed by atoms with E-state index in [4.69, 9.17) is 15.2 Å². The van der Waals surface area contributed by atoms with Crippen LogP contribution in [0.4, 0.5) is 0 Å². The maximum absolute atomic E-state index is 5.86. The number of methoxy groups -OCH3 is 2. The van der Waals surface area contributed by atoms with E-state index >= 15 is 0 Å². The van der Waals surface area contributed by atoms with Crippen LogP contribution in [-0.2, 0) is 6.42 Å². The number of rotatable bonds is 4. The third-order valence-corrected chi connectivity index (χ3v) is 2.75. The van der Waals surface area contributed by atoms with E-state index in [1.54, 1.807) is 14.2 Å². The lowest BCUT2D eigenvalue weighted by molar-refractivity contribution is 0.392. The van der Waals surface area contributed by atoms with Gasteiger partial charge in [-0.15, -0.1) is 0 Å². The first kappa shape index (κ1) is 12.8. The van der Waals surface area contributed by atoms with E-state index in [-0.39, 0.29) is 6.04 Å². The fraction of sp³-hybridized carbons (Fsp3) is 0.538. The van der Waals surface area contributed by atoms with Crippen LogP contribution in [0.1, 0.15) is 23.6 Å². The van der Waals surface area contributed by atoms with Crippen molar-refractivity contribution in [3.8, 4) is 11.5 Å². The highest BCUT2D eigenvalue weighted by atomic mass is 16.5. The highest BCUT2D eigenvalue weighted by Crippen LogP contribution is 2.34. The zero-order valence-corrected chi connectivity index (χ0v) is 10.8. The van der Waals surface area contributed by atoms with Gasteiger partial charge < -0.3 is 15.2 Å². The van der Waals surface area contributed by atoms with Gasteiger partial charge in [0.25, 0.3) is 0 Å². The molecule has 0 saturated heterocycles. The third-order valence-electron chi connectivity index (χ3n) is 2.75. The van der Waals surface area contributed by atoms with Crippen LogP contribution in [0.2, 0.25) is 0 Å². The Kier molecular flexibility index (Phi) is 4.19. The average Bonchev–Trinajstić information content (AvgIpc) is 2.22. The van der Waals surface area contributed by atoms with Gasteiger partial charge in [0, 0.05) is 11.6 Å². The Morgan fingerprint density at radius 1 is 1.25 bits per heavy atom. The minimum atomic E-state index is 0.110. The van der Waals surface area contributed by atoms with Crippen LogP contribution in [0.15, 0.2) is 6.07 Å². The van der Waals surface area contributed by atoms with Crippen molar-refractivity contribution >= 4 is 0 Å². The van der Waals surface area contributed by atoms with Crippen LogP contribution >= 0.6 is 0 Å². The van der Waals surface area contributed by atoms with E-state index in [1.807, 2.05) is 26.8 Å². The first-order chi connectivity index (χ1) is 7.51. The van der Waals surface area contributed by atoms with Gasteiger partial charge in [0.2, 0.25) is 0 Å². The van der Waals surface area contributed by atoms with Crippen LogP contribution in [-0.4, -0.2) is 20.3 Å². The third kappa shape index (κ3) is 2.47. The summed E-state index contributed by atoms with van der Waals surface area (Å²) in [7, 11) is 3.38. The first-order valence-corrected chi connectivity index (χ1v) is 5.47. The Morgan fingerprint density at radius 2 is 1.88 bits per heavy atom. The molecular weight excluding hydrogens is 202 g/mol. The Labute approximate surface area is 97.6 Å². The monoisotopic (exact) mass is 223 g/mol. The summed E-state index contributed by atoms with van der Waals surface area (Å²) in [5.41, 5.74) is 9.21. The molecule has 0 aliphatic carbocycles. The minimum Gasteiger partial charge on any atom is -0.496 e. The molecule has 1 atom stereocenters. The van der Waals surface area contributed by atoms with Crippen LogP contribution in [0, 0.1) is 13.8 Å². The van der Waals surface area contributed by atoms with Gasteiger partial charge in [-0.1, -0.05) is 0 Å². The van der Waals surface area contributed by atoms with E-state index in [0.29, 0.717) is 0 Å². The van der Waals surface area contributed by atoms with Crippen LogP contribution in [0.25, 0.3) is 0 Å². The normalized spacial score (nSPS) is 12.4. The Balaban J connectivity index is 3.33. The van der Waals surface area contributed by atoms with Gasteiger partial charge in [-0.3, -0.25) is 0 Å². The molecule has 3 heteroatoms. The standard InChI is InChI=1S/C13H21NO2/c1-8-6-12(15-4)10(3)11(7-9(2)14)13(8)16-5/h6,9H,7,14H2,1-5H3. The molecule has 0 spiro atoms. The number of hydrogen-bond donors (Lipinski definition) is 1. The van der Waals surface area contributed by atoms with Crippen molar-refractivity contribution in [1.29, 1.82) is 0 Å². The Morgan fingerprint density at radius 3 is 2.31 bits per heavy atom. The van der Waals surface area contributed by atoms with Crippen molar-refractivity contribution < 1.29 is 9.47 Å². The zero-order valence-electron chi connectivity index (χ0n) is 10.8. The van der Waals surface area contributed by atoms with Crippen LogP contribution in [0.3, 0.4) is 0 Å². The van der Waals surface area contributed by atoms with Gasteiger partial charge in [-0.25, -0.2) is 0 Å². The van der Waals surface area contributed by atoms with Crippen molar-refractivity contribution in [2.45, 2.75) is 33.2 Å². The molecule has 1 aromatic carbocycles.